The van der Waals surface area contributed by atoms with Gasteiger partial charge in [-0.3, -0.25) is 14.4 Å². The normalized spacial score (nSPS) is 14.5. The first kappa shape index (κ1) is 18.9. The smallest absolute Gasteiger partial charge is 0.250 e. The Morgan fingerprint density at radius 2 is 1.74 bits per heavy atom. The summed E-state index contributed by atoms with van der Waals surface area (Å²) < 4.78 is 1.59. The lowest BCUT2D eigenvalue weighted by Crippen LogP contribution is -2.52. The third-order valence-corrected chi connectivity index (χ3v) is 4.98. The molecule has 0 unspecified atom stereocenters. The molecule has 0 radical (unpaired) electrons. The van der Waals surface area contributed by atoms with E-state index in [0.717, 1.165) is 11.3 Å². The van der Waals surface area contributed by atoms with Crippen LogP contribution in [0.3, 0.4) is 0 Å². The van der Waals surface area contributed by atoms with Crippen LogP contribution in [0.15, 0.2) is 47.3 Å². The lowest BCUT2D eigenvalue weighted by atomic mass is 10.1. The van der Waals surface area contributed by atoms with E-state index in [-0.39, 0.29) is 30.3 Å². The quantitative estimate of drug-likeness (QED) is 0.808. The highest BCUT2D eigenvalue weighted by Gasteiger charge is 2.26. The molecule has 27 heavy (non-hydrogen) atoms. The van der Waals surface area contributed by atoms with Crippen LogP contribution in [0.25, 0.3) is 0 Å². The van der Waals surface area contributed by atoms with Gasteiger partial charge in [0.15, 0.2) is 0 Å². The summed E-state index contributed by atoms with van der Waals surface area (Å²) in [5.41, 5.74) is 3.00. The van der Waals surface area contributed by atoms with Gasteiger partial charge in [-0.05, 0) is 25.5 Å². The van der Waals surface area contributed by atoms with E-state index in [2.05, 4.69) is 0 Å². The number of amides is 2. The molecule has 1 aromatic heterocycles. The van der Waals surface area contributed by atoms with Crippen LogP contribution in [-0.2, 0) is 22.7 Å². The molecule has 1 aliphatic heterocycles. The number of hydrogen-bond donors (Lipinski definition) is 0. The van der Waals surface area contributed by atoms with Crippen molar-refractivity contribution in [2.45, 2.75) is 33.4 Å². The van der Waals surface area contributed by atoms with E-state index in [9.17, 15) is 14.4 Å². The molecule has 0 N–H and O–H groups in total. The molecule has 142 valence electrons. The van der Waals surface area contributed by atoms with Crippen molar-refractivity contribution in [3.63, 3.8) is 0 Å². The Bertz CT molecular complexity index is 886. The van der Waals surface area contributed by atoms with Crippen molar-refractivity contribution >= 4 is 11.8 Å². The standard InChI is InChI=1S/C21H25N3O3/c1-16-6-8-18(9-7-16)14-22-12-13-23(15-21(22)27)19(25)10-11-24-17(2)4-3-5-20(24)26/h3-9H,10-15H2,1-2H3. The molecule has 3 rings (SSSR count). The maximum Gasteiger partial charge on any atom is 0.250 e. The van der Waals surface area contributed by atoms with Gasteiger partial charge in [-0.25, -0.2) is 0 Å². The molecule has 6 heteroatoms. The summed E-state index contributed by atoms with van der Waals surface area (Å²) in [6, 6.07) is 13.2. The first-order valence-corrected chi connectivity index (χ1v) is 9.21. The Kier molecular flexibility index (Phi) is 5.74. The highest BCUT2D eigenvalue weighted by molar-refractivity contribution is 5.86. The van der Waals surface area contributed by atoms with Gasteiger partial charge in [0.25, 0.3) is 5.56 Å². The number of carbonyl (C=O) groups excluding carboxylic acids is 2. The number of aryl methyl sites for hydroxylation is 2. The minimum atomic E-state index is -0.109. The summed E-state index contributed by atoms with van der Waals surface area (Å²) in [6.45, 7) is 5.95. The minimum Gasteiger partial charge on any atom is -0.335 e. The Morgan fingerprint density at radius 3 is 2.41 bits per heavy atom. The fraction of sp³-hybridized carbons (Fsp3) is 0.381. The number of benzene rings is 1. The van der Waals surface area contributed by atoms with Gasteiger partial charge >= 0.3 is 0 Å². The van der Waals surface area contributed by atoms with Crippen LogP contribution in [0.1, 0.15) is 23.2 Å². The zero-order valence-corrected chi connectivity index (χ0v) is 15.9. The average Bonchev–Trinajstić information content (AvgIpc) is 2.64. The fourth-order valence-electron chi connectivity index (χ4n) is 3.28. The highest BCUT2D eigenvalue weighted by Crippen LogP contribution is 2.12. The summed E-state index contributed by atoms with van der Waals surface area (Å²) in [7, 11) is 0. The summed E-state index contributed by atoms with van der Waals surface area (Å²) in [6.07, 6.45) is 0.218. The van der Waals surface area contributed by atoms with Crippen molar-refractivity contribution in [1.82, 2.24) is 14.4 Å². The molecule has 6 nitrogen and oxygen atoms in total. The van der Waals surface area contributed by atoms with E-state index < -0.39 is 0 Å². The largest absolute Gasteiger partial charge is 0.335 e. The van der Waals surface area contributed by atoms with Crippen molar-refractivity contribution < 1.29 is 9.59 Å². The van der Waals surface area contributed by atoms with E-state index in [1.54, 1.807) is 20.4 Å². The van der Waals surface area contributed by atoms with E-state index >= 15 is 0 Å². The van der Waals surface area contributed by atoms with Gasteiger partial charge in [0.2, 0.25) is 11.8 Å². The first-order valence-electron chi connectivity index (χ1n) is 9.21. The minimum absolute atomic E-state index is 0.0387. The molecular formula is C21H25N3O3. The van der Waals surface area contributed by atoms with Crippen LogP contribution < -0.4 is 5.56 Å². The predicted molar refractivity (Wildman–Crippen MR) is 103 cm³/mol. The molecule has 0 bridgehead atoms. The molecule has 1 saturated heterocycles. The van der Waals surface area contributed by atoms with Gasteiger partial charge < -0.3 is 14.4 Å². The second-order valence-electron chi connectivity index (χ2n) is 7.02. The maximum atomic E-state index is 12.5. The second-order valence-corrected chi connectivity index (χ2v) is 7.02. The van der Waals surface area contributed by atoms with Crippen LogP contribution in [0.4, 0.5) is 0 Å². The molecule has 2 amide bonds. The van der Waals surface area contributed by atoms with Gasteiger partial charge in [-0.15, -0.1) is 0 Å². The number of aromatic nitrogens is 1. The monoisotopic (exact) mass is 367 g/mol. The zero-order valence-electron chi connectivity index (χ0n) is 15.9. The van der Waals surface area contributed by atoms with Gasteiger partial charge in [0.05, 0.1) is 6.54 Å². The SMILES string of the molecule is Cc1ccc(CN2CCN(C(=O)CCn3c(C)cccc3=O)CC2=O)cc1. The number of rotatable bonds is 5. The number of nitrogens with zero attached hydrogens (tertiary/aromatic N) is 3. The van der Waals surface area contributed by atoms with Crippen LogP contribution in [0.5, 0.6) is 0 Å². The summed E-state index contributed by atoms with van der Waals surface area (Å²) in [4.78, 5) is 40.2. The number of carbonyl (C=O) groups is 2. The zero-order chi connectivity index (χ0) is 19.4. The molecule has 2 heterocycles. The van der Waals surface area contributed by atoms with Crippen molar-refractivity contribution in [2.24, 2.45) is 0 Å². The van der Waals surface area contributed by atoms with Crippen LogP contribution in [-0.4, -0.2) is 45.8 Å². The topological polar surface area (TPSA) is 62.6 Å². The summed E-state index contributed by atoms with van der Waals surface area (Å²) in [5.74, 6) is -0.128. The number of pyridine rings is 1. The van der Waals surface area contributed by atoms with Gasteiger partial charge in [-0.2, -0.15) is 0 Å². The van der Waals surface area contributed by atoms with E-state index in [4.69, 9.17) is 0 Å². The van der Waals surface area contributed by atoms with Crippen molar-refractivity contribution in [1.29, 1.82) is 0 Å². The van der Waals surface area contributed by atoms with Crippen LogP contribution in [0, 0.1) is 13.8 Å². The third kappa shape index (κ3) is 4.64. The Labute approximate surface area is 159 Å². The molecule has 1 fully saturated rings. The van der Waals surface area contributed by atoms with Gasteiger partial charge in [0.1, 0.15) is 0 Å². The fourth-order valence-corrected chi connectivity index (χ4v) is 3.28. The lowest BCUT2D eigenvalue weighted by Gasteiger charge is -2.34. The number of piperazine rings is 1. The van der Waals surface area contributed by atoms with Crippen LogP contribution >= 0.6 is 0 Å². The Hall–Kier alpha value is -2.89. The predicted octanol–water partition coefficient (Wildman–Crippen LogP) is 1.73. The summed E-state index contributed by atoms with van der Waals surface area (Å²) in [5, 5.41) is 0. The van der Waals surface area contributed by atoms with E-state index in [1.807, 2.05) is 44.2 Å². The Morgan fingerprint density at radius 1 is 1.00 bits per heavy atom. The van der Waals surface area contributed by atoms with Crippen molar-refractivity contribution in [2.75, 3.05) is 19.6 Å². The second kappa shape index (κ2) is 8.20. The van der Waals surface area contributed by atoms with Crippen molar-refractivity contribution in [3.05, 3.63) is 69.6 Å². The van der Waals surface area contributed by atoms with Crippen LogP contribution in [0.2, 0.25) is 0 Å². The molecule has 0 aliphatic carbocycles. The maximum absolute atomic E-state index is 12.5. The van der Waals surface area contributed by atoms with Crippen molar-refractivity contribution in [3.8, 4) is 0 Å². The molecule has 1 aliphatic rings. The Balaban J connectivity index is 1.54. The third-order valence-electron chi connectivity index (χ3n) is 4.98. The average molecular weight is 367 g/mol. The molecular weight excluding hydrogens is 342 g/mol. The molecule has 0 saturated carbocycles. The molecule has 0 atom stereocenters. The lowest BCUT2D eigenvalue weighted by molar-refractivity contribution is -0.145. The molecule has 1 aromatic carbocycles. The van der Waals surface area contributed by atoms with E-state index in [0.29, 0.717) is 26.2 Å². The highest BCUT2D eigenvalue weighted by atomic mass is 16.2. The molecule has 2 aromatic rings. The van der Waals surface area contributed by atoms with Gasteiger partial charge in [0, 0.05) is 44.4 Å². The summed E-state index contributed by atoms with van der Waals surface area (Å²) >= 11 is 0. The molecule has 0 spiro atoms. The van der Waals surface area contributed by atoms with E-state index in [1.165, 1.54) is 11.6 Å². The first-order chi connectivity index (χ1) is 12.9. The number of hydrogen-bond acceptors (Lipinski definition) is 3. The van der Waals surface area contributed by atoms with Gasteiger partial charge in [-0.1, -0.05) is 35.9 Å².